The lowest BCUT2D eigenvalue weighted by Gasteiger charge is -2.15. The lowest BCUT2D eigenvalue weighted by atomic mass is 10.1. The van der Waals surface area contributed by atoms with E-state index in [1.807, 2.05) is 23.1 Å². The van der Waals surface area contributed by atoms with Gasteiger partial charge in [0.1, 0.15) is 0 Å². The number of hydrogen-bond acceptors (Lipinski definition) is 3. The monoisotopic (exact) mass is 230 g/mol. The molecule has 0 aliphatic carbocycles. The second-order valence-corrected chi connectivity index (χ2v) is 4.47. The number of nitrogens with zero attached hydrogens (tertiary/aromatic N) is 2. The summed E-state index contributed by atoms with van der Waals surface area (Å²) in [6.07, 6.45) is 2.61. The van der Waals surface area contributed by atoms with E-state index in [4.69, 9.17) is 5.73 Å². The summed E-state index contributed by atoms with van der Waals surface area (Å²) in [4.78, 5) is 14.0. The van der Waals surface area contributed by atoms with E-state index in [2.05, 4.69) is 10.2 Å². The second kappa shape index (κ2) is 3.85. The number of carbonyl (C=O) groups excluding carboxylic acids is 1. The molecule has 17 heavy (non-hydrogen) atoms. The Morgan fingerprint density at radius 2 is 2.41 bits per heavy atom. The SMILES string of the molecule is N[C@H]1CCN(C(=O)c2ccc3[nH]ncc3c2)C1. The molecule has 1 atom stereocenters. The van der Waals surface area contributed by atoms with Crippen LogP contribution in [0.3, 0.4) is 0 Å². The maximum absolute atomic E-state index is 12.2. The van der Waals surface area contributed by atoms with Crippen molar-refractivity contribution in [1.82, 2.24) is 15.1 Å². The fraction of sp³-hybridized carbons (Fsp3) is 0.333. The molecule has 5 heteroatoms. The zero-order chi connectivity index (χ0) is 11.8. The van der Waals surface area contributed by atoms with Gasteiger partial charge in [0.05, 0.1) is 11.7 Å². The maximum Gasteiger partial charge on any atom is 0.253 e. The number of nitrogens with two attached hydrogens (primary N) is 1. The molecule has 1 aliphatic rings. The number of aromatic amines is 1. The van der Waals surface area contributed by atoms with E-state index in [1.165, 1.54) is 0 Å². The molecular formula is C12H14N4O. The number of hydrogen-bond donors (Lipinski definition) is 2. The molecule has 1 amide bonds. The number of fused-ring (bicyclic) bond motifs is 1. The zero-order valence-corrected chi connectivity index (χ0v) is 9.39. The van der Waals surface area contributed by atoms with Crippen LogP contribution in [0.15, 0.2) is 24.4 Å². The van der Waals surface area contributed by atoms with Crippen LogP contribution in [-0.2, 0) is 0 Å². The van der Waals surface area contributed by atoms with Crippen molar-refractivity contribution >= 4 is 16.8 Å². The minimum absolute atomic E-state index is 0.0565. The Labute approximate surface area is 98.6 Å². The van der Waals surface area contributed by atoms with Crippen molar-refractivity contribution in [1.29, 1.82) is 0 Å². The average molecular weight is 230 g/mol. The first-order valence-electron chi connectivity index (χ1n) is 5.72. The summed E-state index contributed by atoms with van der Waals surface area (Å²) in [5.41, 5.74) is 7.45. The Balaban J connectivity index is 1.89. The Bertz CT molecular complexity index is 562. The van der Waals surface area contributed by atoms with Crippen LogP contribution >= 0.6 is 0 Å². The summed E-state index contributed by atoms with van der Waals surface area (Å²) in [7, 11) is 0. The highest BCUT2D eigenvalue weighted by Gasteiger charge is 2.24. The number of likely N-dealkylation sites (tertiary alicyclic amines) is 1. The molecule has 0 saturated carbocycles. The third-order valence-electron chi connectivity index (χ3n) is 3.20. The van der Waals surface area contributed by atoms with Crippen molar-refractivity contribution < 1.29 is 4.79 Å². The van der Waals surface area contributed by atoms with Crippen LogP contribution < -0.4 is 5.73 Å². The van der Waals surface area contributed by atoms with Crippen LogP contribution in [0.25, 0.3) is 10.9 Å². The second-order valence-electron chi connectivity index (χ2n) is 4.47. The van der Waals surface area contributed by atoms with Crippen LogP contribution in [0.2, 0.25) is 0 Å². The third kappa shape index (κ3) is 1.78. The highest BCUT2D eigenvalue weighted by atomic mass is 16.2. The Hall–Kier alpha value is -1.88. The highest BCUT2D eigenvalue weighted by Crippen LogP contribution is 2.17. The molecule has 1 fully saturated rings. The summed E-state index contributed by atoms with van der Waals surface area (Å²) in [6.45, 7) is 1.41. The number of nitrogens with one attached hydrogen (secondary N) is 1. The van der Waals surface area contributed by atoms with Crippen molar-refractivity contribution in [3.8, 4) is 0 Å². The number of rotatable bonds is 1. The van der Waals surface area contributed by atoms with E-state index in [9.17, 15) is 4.79 Å². The van der Waals surface area contributed by atoms with Crippen LogP contribution in [0.1, 0.15) is 16.8 Å². The quantitative estimate of drug-likeness (QED) is 0.758. The number of amides is 1. The molecule has 0 radical (unpaired) electrons. The third-order valence-corrected chi connectivity index (χ3v) is 3.20. The summed E-state index contributed by atoms with van der Waals surface area (Å²) in [6, 6.07) is 5.69. The number of H-pyrrole nitrogens is 1. The fourth-order valence-corrected chi connectivity index (χ4v) is 2.23. The van der Waals surface area contributed by atoms with E-state index in [1.54, 1.807) is 6.20 Å². The van der Waals surface area contributed by atoms with Crippen molar-refractivity contribution in [2.75, 3.05) is 13.1 Å². The van der Waals surface area contributed by atoms with Crippen LogP contribution in [-0.4, -0.2) is 40.1 Å². The molecule has 0 spiro atoms. The highest BCUT2D eigenvalue weighted by molar-refractivity contribution is 5.98. The van der Waals surface area contributed by atoms with Crippen molar-refractivity contribution in [2.45, 2.75) is 12.5 Å². The van der Waals surface area contributed by atoms with Gasteiger partial charge in [-0.1, -0.05) is 0 Å². The summed E-state index contributed by atoms with van der Waals surface area (Å²) in [5.74, 6) is 0.0565. The normalized spacial score (nSPS) is 20.1. The van der Waals surface area contributed by atoms with Crippen molar-refractivity contribution in [3.63, 3.8) is 0 Å². The van der Waals surface area contributed by atoms with E-state index >= 15 is 0 Å². The van der Waals surface area contributed by atoms with Gasteiger partial charge in [-0.15, -0.1) is 0 Å². The number of aromatic nitrogens is 2. The molecule has 5 nitrogen and oxygen atoms in total. The summed E-state index contributed by atoms with van der Waals surface area (Å²) in [5, 5.41) is 7.77. The average Bonchev–Trinajstić information content (AvgIpc) is 2.95. The standard InChI is InChI=1S/C12H14N4O/c13-10-3-4-16(7-10)12(17)8-1-2-11-9(5-8)6-14-15-11/h1-2,5-6,10H,3-4,7,13H2,(H,14,15)/t10-/m0/s1. The first kappa shape index (κ1) is 10.3. The molecule has 0 unspecified atom stereocenters. The minimum atomic E-state index is 0.0565. The van der Waals surface area contributed by atoms with Gasteiger partial charge in [0.25, 0.3) is 5.91 Å². The van der Waals surface area contributed by atoms with E-state index in [-0.39, 0.29) is 11.9 Å². The lowest BCUT2D eigenvalue weighted by Crippen LogP contribution is -2.31. The van der Waals surface area contributed by atoms with Gasteiger partial charge in [-0.05, 0) is 24.6 Å². The summed E-state index contributed by atoms with van der Waals surface area (Å²) >= 11 is 0. The van der Waals surface area contributed by atoms with Gasteiger partial charge >= 0.3 is 0 Å². The molecule has 1 aromatic carbocycles. The molecule has 88 valence electrons. The van der Waals surface area contributed by atoms with E-state index in [0.717, 1.165) is 23.9 Å². The van der Waals surface area contributed by atoms with Gasteiger partial charge in [0.15, 0.2) is 0 Å². The first-order chi connectivity index (χ1) is 8.24. The van der Waals surface area contributed by atoms with Gasteiger partial charge in [-0.2, -0.15) is 5.10 Å². The van der Waals surface area contributed by atoms with Gasteiger partial charge < -0.3 is 10.6 Å². The molecule has 2 heterocycles. The Morgan fingerprint density at radius 3 is 3.18 bits per heavy atom. The Morgan fingerprint density at radius 1 is 1.53 bits per heavy atom. The van der Waals surface area contributed by atoms with Gasteiger partial charge in [-0.3, -0.25) is 9.89 Å². The van der Waals surface area contributed by atoms with Crippen molar-refractivity contribution in [3.05, 3.63) is 30.0 Å². The number of benzene rings is 1. The van der Waals surface area contributed by atoms with Gasteiger partial charge in [0.2, 0.25) is 0 Å². The largest absolute Gasteiger partial charge is 0.337 e. The molecular weight excluding hydrogens is 216 g/mol. The zero-order valence-electron chi connectivity index (χ0n) is 9.39. The lowest BCUT2D eigenvalue weighted by molar-refractivity contribution is 0.0791. The molecule has 1 saturated heterocycles. The fourth-order valence-electron chi connectivity index (χ4n) is 2.23. The first-order valence-corrected chi connectivity index (χ1v) is 5.72. The summed E-state index contributed by atoms with van der Waals surface area (Å²) < 4.78 is 0. The van der Waals surface area contributed by atoms with Gasteiger partial charge in [-0.25, -0.2) is 0 Å². The smallest absolute Gasteiger partial charge is 0.253 e. The molecule has 1 aromatic heterocycles. The molecule has 3 N–H and O–H groups in total. The van der Waals surface area contributed by atoms with Crippen molar-refractivity contribution in [2.24, 2.45) is 5.73 Å². The van der Waals surface area contributed by atoms with E-state index < -0.39 is 0 Å². The van der Waals surface area contributed by atoms with Crippen LogP contribution in [0.5, 0.6) is 0 Å². The molecule has 3 rings (SSSR count). The predicted octanol–water partition coefficient (Wildman–Crippen LogP) is 0.736. The van der Waals surface area contributed by atoms with Gasteiger partial charge in [0, 0.05) is 30.1 Å². The van der Waals surface area contributed by atoms with Crippen LogP contribution in [0.4, 0.5) is 0 Å². The topological polar surface area (TPSA) is 75.0 Å². The minimum Gasteiger partial charge on any atom is -0.337 e. The molecule has 0 bridgehead atoms. The predicted molar refractivity (Wildman–Crippen MR) is 64.6 cm³/mol. The molecule has 2 aromatic rings. The Kier molecular flexibility index (Phi) is 2.33. The van der Waals surface area contributed by atoms with Crippen LogP contribution in [0, 0.1) is 0 Å². The number of carbonyl (C=O) groups is 1. The maximum atomic E-state index is 12.2. The van der Waals surface area contributed by atoms with E-state index in [0.29, 0.717) is 12.1 Å². The molecule has 1 aliphatic heterocycles.